The van der Waals surface area contributed by atoms with Crippen LogP contribution in [0.2, 0.25) is 0 Å². The third kappa shape index (κ3) is 4.35. The molecule has 1 aromatic rings. The predicted molar refractivity (Wildman–Crippen MR) is 92.7 cm³/mol. The van der Waals surface area contributed by atoms with E-state index < -0.39 is 11.8 Å². The van der Waals surface area contributed by atoms with E-state index >= 15 is 0 Å². The number of nitriles is 1. The number of carbonyl (C=O) groups is 2. The van der Waals surface area contributed by atoms with Gasteiger partial charge in [-0.05, 0) is 37.1 Å². The number of nitrogens with two attached hydrogens (primary N) is 1. The minimum Gasteiger partial charge on any atom is -0.399 e. The van der Waals surface area contributed by atoms with Gasteiger partial charge in [-0.15, -0.1) is 0 Å². The molecule has 126 valence electrons. The molecule has 0 aromatic heterocycles. The molecule has 0 aliphatic heterocycles. The van der Waals surface area contributed by atoms with Gasteiger partial charge in [0.1, 0.15) is 11.6 Å². The first-order valence-corrected chi connectivity index (χ1v) is 8.10. The predicted octanol–water partition coefficient (Wildman–Crippen LogP) is 2.48. The first-order chi connectivity index (χ1) is 11.5. The number of nitrogen functional groups attached to an aromatic ring is 1. The number of hydrogen-bond acceptors (Lipinski definition) is 5. The monoisotopic (exact) mass is 326 g/mol. The maximum Gasteiger partial charge on any atom is 0.277 e. The van der Waals surface area contributed by atoms with Crippen LogP contribution in [-0.4, -0.2) is 17.9 Å². The zero-order chi connectivity index (χ0) is 17.5. The van der Waals surface area contributed by atoms with Gasteiger partial charge in [-0.2, -0.15) is 5.26 Å². The smallest absolute Gasteiger partial charge is 0.277 e. The van der Waals surface area contributed by atoms with Gasteiger partial charge < -0.3 is 11.1 Å². The molecule has 0 heterocycles. The van der Waals surface area contributed by atoms with E-state index in [2.05, 4.69) is 5.32 Å². The summed E-state index contributed by atoms with van der Waals surface area (Å²) in [5.74, 6) is -1.10. The summed E-state index contributed by atoms with van der Waals surface area (Å²) >= 11 is 0. The highest BCUT2D eigenvalue weighted by Gasteiger charge is 2.24. The van der Waals surface area contributed by atoms with Crippen LogP contribution in [0.1, 0.15) is 39.0 Å². The minimum absolute atomic E-state index is 0.0902. The number of imide groups is 1. The second-order valence-corrected chi connectivity index (χ2v) is 5.92. The van der Waals surface area contributed by atoms with Crippen molar-refractivity contribution in [2.75, 3.05) is 10.6 Å². The molecule has 2 rings (SSSR count). The standard InChI is InChI=1S/C18H22N4O2/c1-13(23)22(17-9-7-15(20)8-10-17)18(24)14(11-19)12-21-16-5-3-2-4-6-16/h7-10,12,16,21H,2-6,20H2,1H3/b14-12-. The van der Waals surface area contributed by atoms with Crippen molar-refractivity contribution < 1.29 is 9.59 Å². The van der Waals surface area contributed by atoms with E-state index in [0.29, 0.717) is 11.4 Å². The Bertz CT molecular complexity index is 667. The van der Waals surface area contributed by atoms with E-state index in [1.807, 2.05) is 6.07 Å². The van der Waals surface area contributed by atoms with E-state index in [1.54, 1.807) is 24.3 Å². The molecule has 24 heavy (non-hydrogen) atoms. The van der Waals surface area contributed by atoms with Crippen LogP contribution < -0.4 is 16.0 Å². The van der Waals surface area contributed by atoms with Gasteiger partial charge in [0.15, 0.2) is 0 Å². The van der Waals surface area contributed by atoms with Gasteiger partial charge in [-0.25, -0.2) is 4.90 Å². The van der Waals surface area contributed by atoms with Crippen LogP contribution >= 0.6 is 0 Å². The van der Waals surface area contributed by atoms with Crippen LogP contribution in [0.15, 0.2) is 36.0 Å². The average Bonchev–Trinajstić information content (AvgIpc) is 2.58. The Kier molecular flexibility index (Phi) is 5.96. The molecule has 1 aromatic carbocycles. The fourth-order valence-corrected chi connectivity index (χ4v) is 2.80. The molecular formula is C18H22N4O2. The van der Waals surface area contributed by atoms with Crippen LogP contribution in [0.4, 0.5) is 11.4 Å². The summed E-state index contributed by atoms with van der Waals surface area (Å²) in [6.45, 7) is 1.29. The Balaban J connectivity index is 2.18. The normalized spacial score (nSPS) is 15.4. The maximum absolute atomic E-state index is 12.6. The molecule has 0 saturated heterocycles. The van der Waals surface area contributed by atoms with Crippen LogP contribution in [-0.2, 0) is 9.59 Å². The average molecular weight is 326 g/mol. The number of carbonyl (C=O) groups excluding carboxylic acids is 2. The Hall–Kier alpha value is -2.81. The first-order valence-electron chi connectivity index (χ1n) is 8.10. The summed E-state index contributed by atoms with van der Waals surface area (Å²) in [5, 5.41) is 12.5. The molecule has 6 nitrogen and oxygen atoms in total. The van der Waals surface area contributed by atoms with Gasteiger partial charge in [0.05, 0.1) is 5.69 Å². The van der Waals surface area contributed by atoms with Crippen LogP contribution in [0.5, 0.6) is 0 Å². The molecule has 3 N–H and O–H groups in total. The number of anilines is 2. The number of rotatable bonds is 4. The zero-order valence-corrected chi connectivity index (χ0v) is 13.8. The molecule has 6 heteroatoms. The molecule has 0 atom stereocenters. The highest BCUT2D eigenvalue weighted by molar-refractivity contribution is 6.21. The van der Waals surface area contributed by atoms with Crippen molar-refractivity contribution in [2.24, 2.45) is 0 Å². The van der Waals surface area contributed by atoms with Gasteiger partial charge in [-0.3, -0.25) is 9.59 Å². The quantitative estimate of drug-likeness (QED) is 0.503. The Labute approximate surface area is 141 Å². The number of nitrogens with zero attached hydrogens (tertiary/aromatic N) is 2. The van der Waals surface area contributed by atoms with Gasteiger partial charge in [0, 0.05) is 24.9 Å². The third-order valence-electron chi connectivity index (χ3n) is 4.09. The number of hydrogen-bond donors (Lipinski definition) is 2. The lowest BCUT2D eigenvalue weighted by Gasteiger charge is -2.22. The van der Waals surface area contributed by atoms with E-state index in [0.717, 1.165) is 30.6 Å². The molecule has 1 saturated carbocycles. The summed E-state index contributed by atoms with van der Waals surface area (Å²) in [7, 11) is 0. The molecule has 1 aliphatic rings. The van der Waals surface area contributed by atoms with Crippen LogP contribution in [0.25, 0.3) is 0 Å². The topological polar surface area (TPSA) is 99.2 Å². The highest BCUT2D eigenvalue weighted by Crippen LogP contribution is 2.20. The van der Waals surface area contributed by atoms with E-state index in [4.69, 9.17) is 5.73 Å². The Morgan fingerprint density at radius 1 is 1.25 bits per heavy atom. The van der Waals surface area contributed by atoms with Gasteiger partial charge in [0.25, 0.3) is 5.91 Å². The van der Waals surface area contributed by atoms with E-state index in [9.17, 15) is 14.9 Å². The number of nitrogens with one attached hydrogen (secondary N) is 1. The lowest BCUT2D eigenvalue weighted by atomic mass is 9.96. The van der Waals surface area contributed by atoms with Crippen molar-refractivity contribution in [3.63, 3.8) is 0 Å². The fourth-order valence-electron chi connectivity index (χ4n) is 2.80. The second-order valence-electron chi connectivity index (χ2n) is 5.92. The van der Waals surface area contributed by atoms with Gasteiger partial charge in [-0.1, -0.05) is 19.3 Å². The van der Waals surface area contributed by atoms with Crippen molar-refractivity contribution >= 4 is 23.2 Å². The maximum atomic E-state index is 12.6. The zero-order valence-electron chi connectivity index (χ0n) is 13.8. The van der Waals surface area contributed by atoms with Gasteiger partial charge >= 0.3 is 0 Å². The molecule has 2 amide bonds. The molecule has 0 bridgehead atoms. The van der Waals surface area contributed by atoms with E-state index in [-0.39, 0.29) is 11.6 Å². The molecule has 1 aliphatic carbocycles. The summed E-state index contributed by atoms with van der Waals surface area (Å²) in [6.07, 6.45) is 7.00. The lowest BCUT2D eigenvalue weighted by Crippen LogP contribution is -2.37. The van der Waals surface area contributed by atoms with Crippen molar-refractivity contribution in [3.8, 4) is 6.07 Å². The molecule has 0 spiro atoms. The van der Waals surface area contributed by atoms with E-state index in [1.165, 1.54) is 19.5 Å². The fraction of sp³-hybridized carbons (Fsp3) is 0.389. The highest BCUT2D eigenvalue weighted by atomic mass is 16.2. The Morgan fingerprint density at radius 3 is 2.42 bits per heavy atom. The molecule has 0 unspecified atom stereocenters. The summed E-state index contributed by atoms with van der Waals surface area (Å²) < 4.78 is 0. The SMILES string of the molecule is CC(=O)N(C(=O)/C(C#N)=C\NC1CCCCC1)c1ccc(N)cc1. The largest absolute Gasteiger partial charge is 0.399 e. The van der Waals surface area contributed by atoms with Gasteiger partial charge in [0.2, 0.25) is 5.91 Å². The lowest BCUT2D eigenvalue weighted by molar-refractivity contribution is -0.123. The number of amides is 2. The van der Waals surface area contributed by atoms with Crippen LogP contribution in [0, 0.1) is 11.3 Å². The van der Waals surface area contributed by atoms with Crippen LogP contribution in [0.3, 0.4) is 0 Å². The van der Waals surface area contributed by atoms with Crippen molar-refractivity contribution in [2.45, 2.75) is 45.1 Å². The van der Waals surface area contributed by atoms with Crippen molar-refractivity contribution in [1.29, 1.82) is 5.26 Å². The summed E-state index contributed by atoms with van der Waals surface area (Å²) in [6, 6.07) is 8.54. The Morgan fingerprint density at radius 2 is 1.88 bits per heavy atom. The summed E-state index contributed by atoms with van der Waals surface area (Å²) in [4.78, 5) is 25.5. The number of benzene rings is 1. The minimum atomic E-state index is -0.641. The first kappa shape index (κ1) is 17.5. The third-order valence-corrected chi connectivity index (χ3v) is 4.09. The second kappa shape index (κ2) is 8.16. The summed E-state index contributed by atoms with van der Waals surface area (Å²) in [5.41, 5.74) is 6.46. The van der Waals surface area contributed by atoms with Crippen molar-refractivity contribution in [1.82, 2.24) is 5.32 Å². The molecular weight excluding hydrogens is 304 g/mol. The van der Waals surface area contributed by atoms with Crippen molar-refractivity contribution in [3.05, 3.63) is 36.0 Å². The molecule has 0 radical (unpaired) electrons. The molecule has 1 fully saturated rings.